The smallest absolute Gasteiger partial charge is 0.305 e. The van der Waals surface area contributed by atoms with E-state index in [-0.39, 0.29) is 18.3 Å². The van der Waals surface area contributed by atoms with Crippen LogP contribution in [0.15, 0.2) is 60.8 Å². The molecular weight excluding hydrogens is 423 g/mol. The van der Waals surface area contributed by atoms with E-state index < -0.39 is 12.1 Å². The lowest BCUT2D eigenvalue weighted by molar-refractivity contribution is -0.137. The van der Waals surface area contributed by atoms with Gasteiger partial charge in [0.25, 0.3) is 0 Å². The van der Waals surface area contributed by atoms with Crippen LogP contribution in [-0.4, -0.2) is 71.4 Å². The van der Waals surface area contributed by atoms with Crippen LogP contribution < -0.4 is 10.2 Å². The Morgan fingerprint density at radius 2 is 1.85 bits per heavy atom. The highest BCUT2D eigenvalue weighted by atomic mass is 19.1. The molecule has 1 aromatic heterocycles. The van der Waals surface area contributed by atoms with Gasteiger partial charge in [0.2, 0.25) is 0 Å². The molecule has 0 bridgehead atoms. The molecular formula is C25H29FN4O3. The maximum absolute atomic E-state index is 13.8. The normalized spacial score (nSPS) is 16.6. The number of carbonyl (C=O) groups is 1. The van der Waals surface area contributed by atoms with Crippen LogP contribution in [0.25, 0.3) is 10.8 Å². The summed E-state index contributed by atoms with van der Waals surface area (Å²) in [6.45, 7) is 3.76. The van der Waals surface area contributed by atoms with E-state index >= 15 is 0 Å². The molecule has 174 valence electrons. The lowest BCUT2D eigenvalue weighted by Gasteiger charge is -2.36. The Morgan fingerprint density at radius 3 is 2.58 bits per heavy atom. The number of nitrogens with zero attached hydrogens (tertiary/aromatic N) is 3. The van der Waals surface area contributed by atoms with Crippen molar-refractivity contribution < 1.29 is 19.4 Å². The first kappa shape index (κ1) is 23.1. The molecule has 0 saturated carbocycles. The number of anilines is 1. The summed E-state index contributed by atoms with van der Waals surface area (Å²) in [5, 5.41) is 24.8. The number of aliphatic hydroxyl groups excluding tert-OH is 1. The van der Waals surface area contributed by atoms with Crippen LogP contribution in [0.4, 0.5) is 10.2 Å². The molecule has 2 aromatic carbocycles. The van der Waals surface area contributed by atoms with Crippen molar-refractivity contribution in [3.05, 3.63) is 72.2 Å². The summed E-state index contributed by atoms with van der Waals surface area (Å²) in [6.07, 6.45) is 1.08. The third-order valence-electron chi connectivity index (χ3n) is 6.03. The number of aliphatic hydroxyl groups is 1. The van der Waals surface area contributed by atoms with E-state index in [0.717, 1.165) is 48.3 Å². The highest BCUT2D eigenvalue weighted by Crippen LogP contribution is 2.26. The van der Waals surface area contributed by atoms with Crippen LogP contribution in [-0.2, 0) is 4.79 Å². The molecule has 1 aliphatic rings. The second-order valence-electron chi connectivity index (χ2n) is 8.41. The van der Waals surface area contributed by atoms with Crippen LogP contribution in [0.1, 0.15) is 18.0 Å². The van der Waals surface area contributed by atoms with Crippen molar-refractivity contribution in [2.45, 2.75) is 18.6 Å². The van der Waals surface area contributed by atoms with Crippen molar-refractivity contribution >= 4 is 22.6 Å². The van der Waals surface area contributed by atoms with E-state index in [9.17, 15) is 19.4 Å². The predicted molar refractivity (Wildman–Crippen MR) is 126 cm³/mol. The summed E-state index contributed by atoms with van der Waals surface area (Å²) in [7, 11) is 0. The molecule has 1 fully saturated rings. The second kappa shape index (κ2) is 10.7. The molecule has 3 aromatic rings. The van der Waals surface area contributed by atoms with Gasteiger partial charge in [-0.05, 0) is 29.1 Å². The average molecular weight is 453 g/mol. The number of rotatable bonds is 9. The zero-order valence-electron chi connectivity index (χ0n) is 18.4. The van der Waals surface area contributed by atoms with E-state index in [2.05, 4.69) is 20.1 Å². The van der Waals surface area contributed by atoms with Crippen molar-refractivity contribution in [2.24, 2.45) is 0 Å². The summed E-state index contributed by atoms with van der Waals surface area (Å²) < 4.78 is 13.8. The number of hydrogen-bond donors (Lipinski definition) is 3. The molecule has 33 heavy (non-hydrogen) atoms. The molecule has 0 spiro atoms. The monoisotopic (exact) mass is 452 g/mol. The topological polar surface area (TPSA) is 88.9 Å². The van der Waals surface area contributed by atoms with Gasteiger partial charge in [-0.15, -0.1) is 0 Å². The fourth-order valence-corrected chi connectivity index (χ4v) is 4.33. The number of carboxylic acids is 1. The molecule has 4 rings (SSSR count). The molecule has 1 aliphatic heterocycles. The molecule has 0 radical (unpaired) electrons. The molecule has 2 heterocycles. The maximum atomic E-state index is 13.8. The molecule has 2 atom stereocenters. The average Bonchev–Trinajstić information content (AvgIpc) is 2.82. The van der Waals surface area contributed by atoms with Crippen LogP contribution in [0.3, 0.4) is 0 Å². The largest absolute Gasteiger partial charge is 0.481 e. The zero-order chi connectivity index (χ0) is 23.2. The van der Waals surface area contributed by atoms with Crippen LogP contribution in [0.5, 0.6) is 0 Å². The van der Waals surface area contributed by atoms with Crippen molar-refractivity contribution in [1.82, 2.24) is 15.2 Å². The van der Waals surface area contributed by atoms with Gasteiger partial charge in [0.15, 0.2) is 0 Å². The molecule has 7 nitrogen and oxygen atoms in total. The summed E-state index contributed by atoms with van der Waals surface area (Å²) >= 11 is 0. The van der Waals surface area contributed by atoms with Crippen LogP contribution >= 0.6 is 0 Å². The number of piperazine rings is 1. The number of carboxylic acid groups (broad SMARTS) is 1. The molecule has 0 amide bonds. The van der Waals surface area contributed by atoms with Crippen LogP contribution in [0, 0.1) is 5.82 Å². The van der Waals surface area contributed by atoms with Gasteiger partial charge in [0.1, 0.15) is 11.6 Å². The Bertz CT molecular complexity index is 1070. The van der Waals surface area contributed by atoms with E-state index in [4.69, 9.17) is 0 Å². The lowest BCUT2D eigenvalue weighted by atomic mass is 10.0. The standard InChI is InChI=1S/C25H29FN4O3/c26-20-7-6-18-8-9-27-25(22(18)14-20)30-12-10-29(11-13-30)17-21(31)16-28-23(15-24(32)33)19-4-2-1-3-5-19/h1-9,14,21,23,28,31H,10-13,15-17H2,(H,32,33)/t21-,23+/m0/s1. The van der Waals surface area contributed by atoms with Gasteiger partial charge < -0.3 is 20.4 Å². The number of hydrogen-bond acceptors (Lipinski definition) is 6. The first-order valence-corrected chi connectivity index (χ1v) is 11.2. The number of halogens is 1. The van der Waals surface area contributed by atoms with Gasteiger partial charge in [0.05, 0.1) is 12.5 Å². The van der Waals surface area contributed by atoms with Crippen LogP contribution in [0.2, 0.25) is 0 Å². The predicted octanol–water partition coefficient (Wildman–Crippen LogP) is 2.66. The lowest BCUT2D eigenvalue weighted by Crippen LogP contribution is -2.50. The van der Waals surface area contributed by atoms with Crippen molar-refractivity contribution in [3.63, 3.8) is 0 Å². The Morgan fingerprint density at radius 1 is 1.09 bits per heavy atom. The Kier molecular flexibility index (Phi) is 7.49. The second-order valence-corrected chi connectivity index (χ2v) is 8.41. The number of β-amino-alcohol motifs (C(OH)–C–C–N with tert-alkyl or cyclic N) is 1. The Hall–Kier alpha value is -3.07. The minimum Gasteiger partial charge on any atom is -0.481 e. The third kappa shape index (κ3) is 6.04. The molecule has 8 heteroatoms. The molecule has 1 saturated heterocycles. The van der Waals surface area contributed by atoms with Gasteiger partial charge >= 0.3 is 5.97 Å². The van der Waals surface area contributed by atoms with E-state index in [0.29, 0.717) is 13.1 Å². The SMILES string of the molecule is O=C(O)C[C@@H](NC[C@H](O)CN1CCN(c2nccc3ccc(F)cc23)CC1)c1ccccc1. The fraction of sp³-hybridized carbons (Fsp3) is 0.360. The highest BCUT2D eigenvalue weighted by Gasteiger charge is 2.22. The number of aliphatic carboxylic acids is 1. The first-order valence-electron chi connectivity index (χ1n) is 11.2. The summed E-state index contributed by atoms with van der Waals surface area (Å²) in [6, 6.07) is 15.7. The van der Waals surface area contributed by atoms with Crippen molar-refractivity contribution in [1.29, 1.82) is 0 Å². The summed E-state index contributed by atoms with van der Waals surface area (Å²) in [4.78, 5) is 20.1. The third-order valence-corrected chi connectivity index (χ3v) is 6.03. The number of nitrogens with one attached hydrogen (secondary N) is 1. The van der Waals surface area contributed by atoms with E-state index in [1.165, 1.54) is 12.1 Å². The minimum absolute atomic E-state index is 0.0476. The van der Waals surface area contributed by atoms with Gasteiger partial charge in [-0.25, -0.2) is 9.37 Å². The van der Waals surface area contributed by atoms with Gasteiger partial charge in [-0.2, -0.15) is 0 Å². The van der Waals surface area contributed by atoms with Gasteiger partial charge in [-0.3, -0.25) is 9.69 Å². The number of pyridine rings is 1. The number of benzene rings is 2. The summed E-state index contributed by atoms with van der Waals surface area (Å²) in [5.41, 5.74) is 0.889. The number of aromatic nitrogens is 1. The molecule has 0 aliphatic carbocycles. The van der Waals surface area contributed by atoms with E-state index in [1.807, 2.05) is 36.4 Å². The van der Waals surface area contributed by atoms with Crippen molar-refractivity contribution in [3.8, 4) is 0 Å². The Labute approximate surface area is 192 Å². The maximum Gasteiger partial charge on any atom is 0.305 e. The first-order chi connectivity index (χ1) is 16.0. The minimum atomic E-state index is -0.885. The van der Waals surface area contributed by atoms with E-state index in [1.54, 1.807) is 12.3 Å². The van der Waals surface area contributed by atoms with Crippen molar-refractivity contribution in [2.75, 3.05) is 44.2 Å². The van der Waals surface area contributed by atoms with Gasteiger partial charge in [0, 0.05) is 56.9 Å². The fourth-order valence-electron chi connectivity index (χ4n) is 4.33. The zero-order valence-corrected chi connectivity index (χ0v) is 18.4. The Balaban J connectivity index is 1.30. The quantitative estimate of drug-likeness (QED) is 0.460. The van der Waals surface area contributed by atoms with Gasteiger partial charge in [-0.1, -0.05) is 36.4 Å². The number of fused-ring (bicyclic) bond motifs is 1. The molecule has 3 N–H and O–H groups in total. The highest BCUT2D eigenvalue weighted by molar-refractivity contribution is 5.92. The molecule has 0 unspecified atom stereocenters. The summed E-state index contributed by atoms with van der Waals surface area (Å²) in [5.74, 6) is -0.375.